The molecule has 4 aliphatic carbocycles. The SMILES string of the molecule is C[C@]12C=CC(=O)C=C1[C@@H](F)C[C@H]1[C@@H]3C[C@H]4CN(c5ccccc5)O[C@@]4(C(=O)SCF)[C@@]3(C)C[C@H](O)[C@@]12F. The van der Waals surface area contributed by atoms with Gasteiger partial charge in [0.25, 0.3) is 0 Å². The summed E-state index contributed by atoms with van der Waals surface area (Å²) >= 11 is 0.531. The first-order valence-electron chi connectivity index (χ1n) is 12.7. The fourth-order valence-electron chi connectivity index (χ4n) is 8.49. The second-order valence-corrected chi connectivity index (χ2v) is 12.4. The molecule has 0 unspecified atom stereocenters. The summed E-state index contributed by atoms with van der Waals surface area (Å²) in [7, 11) is 0. The molecule has 1 saturated heterocycles. The molecule has 1 N–H and O–H groups in total. The third-order valence-electron chi connectivity index (χ3n) is 10.2. The van der Waals surface area contributed by atoms with Crippen LogP contribution in [0.1, 0.15) is 33.1 Å². The number of rotatable bonds is 3. The van der Waals surface area contributed by atoms with Gasteiger partial charge in [0.15, 0.2) is 17.1 Å². The monoisotopic (exact) mass is 533 g/mol. The Morgan fingerprint density at radius 1 is 1.22 bits per heavy atom. The van der Waals surface area contributed by atoms with Crippen LogP contribution in [0.25, 0.3) is 0 Å². The summed E-state index contributed by atoms with van der Waals surface area (Å²) in [4.78, 5) is 32.2. The lowest BCUT2D eigenvalue weighted by atomic mass is 9.44. The summed E-state index contributed by atoms with van der Waals surface area (Å²) < 4.78 is 46.6. The number of benzene rings is 1. The Kier molecular flexibility index (Phi) is 5.58. The lowest BCUT2D eigenvalue weighted by molar-refractivity contribution is -0.225. The summed E-state index contributed by atoms with van der Waals surface area (Å²) in [5, 5.41) is 12.7. The average Bonchev–Trinajstić information content (AvgIpc) is 3.37. The summed E-state index contributed by atoms with van der Waals surface area (Å²) in [5.74, 6) is -2.20. The number of allylic oxidation sites excluding steroid dienone is 4. The molecule has 0 amide bonds. The lowest BCUT2D eigenvalue weighted by Crippen LogP contribution is -2.70. The molecule has 0 radical (unpaired) electrons. The number of hydrogen-bond acceptors (Lipinski definition) is 6. The van der Waals surface area contributed by atoms with E-state index in [0.29, 0.717) is 24.7 Å². The number of carbonyl (C=O) groups is 2. The molecule has 5 aliphatic rings. The zero-order valence-corrected chi connectivity index (χ0v) is 21.5. The maximum atomic E-state index is 17.4. The molecule has 1 heterocycles. The minimum Gasteiger partial charge on any atom is -0.390 e. The van der Waals surface area contributed by atoms with Gasteiger partial charge in [-0.05, 0) is 62.0 Å². The van der Waals surface area contributed by atoms with E-state index in [9.17, 15) is 19.1 Å². The number of aliphatic hydroxyl groups excluding tert-OH is 1. The number of fused-ring (bicyclic) bond motifs is 7. The van der Waals surface area contributed by atoms with Crippen molar-refractivity contribution in [2.24, 2.45) is 28.6 Å². The quantitative estimate of drug-likeness (QED) is 0.596. The first-order valence-corrected chi connectivity index (χ1v) is 13.7. The average molecular weight is 534 g/mol. The van der Waals surface area contributed by atoms with Gasteiger partial charge in [-0.15, -0.1) is 0 Å². The molecule has 9 heteroatoms. The van der Waals surface area contributed by atoms with E-state index in [-0.39, 0.29) is 18.4 Å². The third kappa shape index (κ3) is 3.02. The fourth-order valence-corrected chi connectivity index (χ4v) is 9.24. The number of hydrogen-bond donors (Lipinski definition) is 1. The Labute approximate surface area is 218 Å². The van der Waals surface area contributed by atoms with E-state index < -0.39 is 69.0 Å². The van der Waals surface area contributed by atoms with E-state index in [4.69, 9.17) is 4.84 Å². The first kappa shape index (κ1) is 25.2. The van der Waals surface area contributed by atoms with Crippen LogP contribution in [0.4, 0.5) is 18.9 Å². The Bertz CT molecular complexity index is 1210. The second kappa shape index (κ2) is 8.20. The summed E-state index contributed by atoms with van der Waals surface area (Å²) in [6.07, 6.45) is 0.770. The zero-order chi connectivity index (χ0) is 26.4. The van der Waals surface area contributed by atoms with Crippen molar-refractivity contribution in [3.8, 4) is 0 Å². The molecule has 0 spiro atoms. The summed E-state index contributed by atoms with van der Waals surface area (Å²) in [6, 6.07) is 8.33. The van der Waals surface area contributed by atoms with Crippen molar-refractivity contribution in [1.29, 1.82) is 0 Å². The minimum absolute atomic E-state index is 0.0601. The Hall–Kier alpha value is -2.10. The number of alkyl halides is 3. The molecule has 0 bridgehead atoms. The number of ketones is 1. The van der Waals surface area contributed by atoms with Crippen LogP contribution in [0, 0.1) is 28.6 Å². The molecule has 1 aromatic carbocycles. The number of nitrogens with zero attached hydrogens (tertiary/aromatic N) is 1. The van der Waals surface area contributed by atoms with Gasteiger partial charge in [0.1, 0.15) is 12.2 Å². The van der Waals surface area contributed by atoms with Gasteiger partial charge in [0, 0.05) is 22.7 Å². The molecule has 3 saturated carbocycles. The van der Waals surface area contributed by atoms with Gasteiger partial charge in [0.05, 0.1) is 18.3 Å². The highest BCUT2D eigenvalue weighted by atomic mass is 32.2. The van der Waals surface area contributed by atoms with Crippen LogP contribution in [0.15, 0.2) is 54.1 Å². The predicted octanol–water partition coefficient (Wildman–Crippen LogP) is 4.91. The smallest absolute Gasteiger partial charge is 0.226 e. The summed E-state index contributed by atoms with van der Waals surface area (Å²) in [6.45, 7) is 3.70. The van der Waals surface area contributed by atoms with Gasteiger partial charge >= 0.3 is 0 Å². The van der Waals surface area contributed by atoms with Gasteiger partial charge in [0.2, 0.25) is 5.12 Å². The van der Waals surface area contributed by atoms with Gasteiger partial charge in [-0.1, -0.05) is 43.0 Å². The number of thioether (sulfide) groups is 1. The van der Waals surface area contributed by atoms with E-state index in [1.807, 2.05) is 37.3 Å². The van der Waals surface area contributed by atoms with Gasteiger partial charge in [-0.25, -0.2) is 13.2 Å². The Morgan fingerprint density at radius 2 is 1.95 bits per heavy atom. The van der Waals surface area contributed by atoms with Crippen LogP contribution in [-0.4, -0.2) is 52.1 Å². The highest BCUT2D eigenvalue weighted by molar-refractivity contribution is 8.13. The van der Waals surface area contributed by atoms with Crippen LogP contribution < -0.4 is 5.06 Å². The standard InChI is InChI=1S/C28H30F3NO4S/c1-25-9-8-18(33)11-21(25)22(30)12-20-19-10-16-14-32(17-6-4-3-5-7-17)36-28(16,24(35)37-15-29)26(19,2)13-23(34)27(20,25)31/h3-9,11,16,19-20,22-23,34H,10,12-15H2,1-2H3/t16-,19-,20-,22-,23-,25-,26-,27-,28-/m0/s1. The van der Waals surface area contributed by atoms with Crippen molar-refractivity contribution >= 4 is 28.3 Å². The predicted molar refractivity (Wildman–Crippen MR) is 134 cm³/mol. The molecule has 9 atom stereocenters. The number of halogens is 3. The Morgan fingerprint density at radius 3 is 2.65 bits per heavy atom. The van der Waals surface area contributed by atoms with E-state index in [2.05, 4.69) is 0 Å². The van der Waals surface area contributed by atoms with Gasteiger partial charge in [-0.2, -0.15) is 0 Å². The topological polar surface area (TPSA) is 66.8 Å². The van der Waals surface area contributed by atoms with Gasteiger partial charge < -0.3 is 5.11 Å². The van der Waals surface area contributed by atoms with Crippen LogP contribution >= 0.6 is 11.8 Å². The first-order chi connectivity index (χ1) is 17.5. The number of para-hydroxylation sites is 1. The number of carbonyl (C=O) groups excluding carboxylic acids is 2. The molecular formula is C28H30F3NO4S. The molecular weight excluding hydrogens is 503 g/mol. The zero-order valence-electron chi connectivity index (χ0n) is 20.7. The summed E-state index contributed by atoms with van der Waals surface area (Å²) in [5.41, 5.74) is -5.49. The van der Waals surface area contributed by atoms with E-state index in [1.54, 1.807) is 12.0 Å². The molecule has 0 aromatic heterocycles. The van der Waals surface area contributed by atoms with Crippen molar-refractivity contribution in [2.45, 2.75) is 56.7 Å². The van der Waals surface area contributed by atoms with Gasteiger partial charge in [-0.3, -0.25) is 19.5 Å². The van der Waals surface area contributed by atoms with E-state index >= 15 is 8.78 Å². The second-order valence-electron chi connectivity index (χ2n) is 11.6. The molecule has 5 nitrogen and oxygen atoms in total. The maximum absolute atomic E-state index is 17.4. The van der Waals surface area contributed by atoms with Crippen LogP contribution in [0.2, 0.25) is 0 Å². The van der Waals surface area contributed by atoms with Crippen LogP contribution in [-0.2, 0) is 14.4 Å². The third-order valence-corrected chi connectivity index (χ3v) is 10.8. The lowest BCUT2D eigenvalue weighted by Gasteiger charge is -2.63. The van der Waals surface area contributed by atoms with Crippen LogP contribution in [0.3, 0.4) is 0 Å². The highest BCUT2D eigenvalue weighted by Crippen LogP contribution is 2.73. The number of anilines is 1. The van der Waals surface area contributed by atoms with Crippen molar-refractivity contribution in [2.75, 3.05) is 17.6 Å². The van der Waals surface area contributed by atoms with Crippen molar-refractivity contribution in [3.63, 3.8) is 0 Å². The minimum atomic E-state index is -2.24. The van der Waals surface area contributed by atoms with Crippen molar-refractivity contribution < 1.29 is 32.7 Å². The molecule has 1 aromatic rings. The largest absolute Gasteiger partial charge is 0.390 e. The molecule has 4 fully saturated rings. The molecule has 6 rings (SSSR count). The number of aliphatic hydroxyl groups is 1. The Balaban J connectivity index is 1.45. The van der Waals surface area contributed by atoms with Crippen molar-refractivity contribution in [3.05, 3.63) is 54.1 Å². The molecule has 198 valence electrons. The van der Waals surface area contributed by atoms with Crippen LogP contribution in [0.5, 0.6) is 0 Å². The molecule has 37 heavy (non-hydrogen) atoms. The normalized spacial score (nSPS) is 46.1. The highest BCUT2D eigenvalue weighted by Gasteiger charge is 2.79. The molecule has 1 aliphatic heterocycles. The maximum Gasteiger partial charge on any atom is 0.226 e. The fraction of sp³-hybridized carbons (Fsp3) is 0.571. The van der Waals surface area contributed by atoms with Crippen molar-refractivity contribution in [1.82, 2.24) is 0 Å². The van der Waals surface area contributed by atoms with E-state index in [1.165, 1.54) is 12.2 Å². The number of hydroxylamine groups is 1. The van der Waals surface area contributed by atoms with E-state index in [0.717, 1.165) is 11.8 Å².